The first-order valence-corrected chi connectivity index (χ1v) is 8.43. The minimum Gasteiger partial charge on any atom is -0.342 e. The molecule has 0 bridgehead atoms. The van der Waals surface area contributed by atoms with E-state index in [2.05, 4.69) is 0 Å². The number of carbonyl (C=O) groups is 1. The quantitative estimate of drug-likeness (QED) is 0.784. The van der Waals surface area contributed by atoms with Gasteiger partial charge < -0.3 is 4.90 Å². The monoisotopic (exact) mass is 321 g/mol. The fourth-order valence-corrected chi connectivity index (χ4v) is 2.52. The van der Waals surface area contributed by atoms with Crippen molar-refractivity contribution in [2.24, 2.45) is 5.92 Å². The van der Waals surface area contributed by atoms with Crippen molar-refractivity contribution < 1.29 is 17.6 Å². The first-order chi connectivity index (χ1) is 9.12. The Hall–Kier alpha value is -1.14. The molecule has 1 amide bonds. The third-order valence-electron chi connectivity index (χ3n) is 2.83. The molecular formula is C13H17ClFNO3S. The third-order valence-corrected chi connectivity index (χ3v) is 4.17. The van der Waals surface area contributed by atoms with Crippen LogP contribution in [0.2, 0.25) is 0 Å². The van der Waals surface area contributed by atoms with Gasteiger partial charge in [0.05, 0.1) is 0 Å². The Morgan fingerprint density at radius 3 is 2.50 bits per heavy atom. The van der Waals surface area contributed by atoms with Gasteiger partial charge >= 0.3 is 0 Å². The minimum atomic E-state index is -4.21. The fraction of sp³-hybridized carbons (Fsp3) is 0.462. The lowest BCUT2D eigenvalue weighted by Gasteiger charge is -2.18. The van der Waals surface area contributed by atoms with E-state index in [1.807, 2.05) is 13.8 Å². The maximum Gasteiger partial charge on any atom is 0.264 e. The van der Waals surface area contributed by atoms with Gasteiger partial charge in [-0.3, -0.25) is 4.79 Å². The molecule has 0 aliphatic carbocycles. The summed E-state index contributed by atoms with van der Waals surface area (Å²) >= 11 is 0. The van der Waals surface area contributed by atoms with Crippen LogP contribution >= 0.6 is 10.7 Å². The van der Waals surface area contributed by atoms with Crippen LogP contribution in [0.5, 0.6) is 0 Å². The molecule has 0 aliphatic rings. The van der Waals surface area contributed by atoms with Gasteiger partial charge in [-0.25, -0.2) is 12.8 Å². The van der Waals surface area contributed by atoms with Crippen LogP contribution in [-0.4, -0.2) is 32.8 Å². The molecule has 1 rings (SSSR count). The molecule has 0 aromatic heterocycles. The highest BCUT2D eigenvalue weighted by atomic mass is 35.7. The van der Waals surface area contributed by atoms with E-state index in [0.29, 0.717) is 12.5 Å². The number of hydrogen-bond donors (Lipinski definition) is 0. The van der Waals surface area contributed by atoms with E-state index in [0.717, 1.165) is 18.6 Å². The summed E-state index contributed by atoms with van der Waals surface area (Å²) in [6, 6.07) is 3.14. The minimum absolute atomic E-state index is 0.0943. The van der Waals surface area contributed by atoms with E-state index in [1.165, 1.54) is 11.0 Å². The standard InChI is InChI=1S/C13H17ClFNO3S/c1-9(2)6-7-16(3)13(17)10-4-5-11(15)12(8-10)20(14,18)19/h4-5,8-9H,6-7H2,1-3H3. The number of hydrogen-bond acceptors (Lipinski definition) is 3. The van der Waals surface area contributed by atoms with E-state index < -0.39 is 19.8 Å². The van der Waals surface area contributed by atoms with E-state index in [-0.39, 0.29) is 11.5 Å². The maximum absolute atomic E-state index is 13.4. The van der Waals surface area contributed by atoms with Gasteiger partial charge in [0.2, 0.25) is 0 Å². The number of amides is 1. The molecule has 4 nitrogen and oxygen atoms in total. The molecule has 1 aromatic carbocycles. The lowest BCUT2D eigenvalue weighted by Crippen LogP contribution is -2.28. The molecule has 0 atom stereocenters. The Kier molecular flexibility index (Phi) is 5.53. The Bertz CT molecular complexity index is 602. The van der Waals surface area contributed by atoms with Crippen LogP contribution in [0, 0.1) is 11.7 Å². The lowest BCUT2D eigenvalue weighted by atomic mass is 10.1. The molecule has 0 saturated carbocycles. The van der Waals surface area contributed by atoms with Gasteiger partial charge in [-0.2, -0.15) is 0 Å². The number of nitrogens with zero attached hydrogens (tertiary/aromatic N) is 1. The molecule has 0 aliphatic heterocycles. The summed E-state index contributed by atoms with van der Waals surface area (Å²) in [6.07, 6.45) is 0.824. The van der Waals surface area contributed by atoms with Crippen LogP contribution in [0.25, 0.3) is 0 Å². The van der Waals surface area contributed by atoms with Crippen molar-refractivity contribution in [3.8, 4) is 0 Å². The summed E-state index contributed by atoms with van der Waals surface area (Å²) in [5.74, 6) is -0.897. The number of benzene rings is 1. The largest absolute Gasteiger partial charge is 0.342 e. The van der Waals surface area contributed by atoms with Gasteiger partial charge in [0.25, 0.3) is 15.0 Å². The van der Waals surface area contributed by atoms with Crippen LogP contribution in [0.3, 0.4) is 0 Å². The topological polar surface area (TPSA) is 54.5 Å². The second-order valence-corrected chi connectivity index (χ2v) is 7.53. The molecule has 0 saturated heterocycles. The smallest absolute Gasteiger partial charge is 0.264 e. The molecule has 0 N–H and O–H groups in total. The zero-order valence-corrected chi connectivity index (χ0v) is 13.1. The number of rotatable bonds is 5. The molecule has 0 spiro atoms. The Labute approximate surface area is 123 Å². The fourth-order valence-electron chi connectivity index (χ4n) is 1.60. The van der Waals surface area contributed by atoms with Crippen molar-refractivity contribution in [1.29, 1.82) is 0 Å². The van der Waals surface area contributed by atoms with E-state index in [4.69, 9.17) is 10.7 Å². The second-order valence-electron chi connectivity index (χ2n) is 4.99. The molecule has 0 unspecified atom stereocenters. The van der Waals surface area contributed by atoms with Crippen molar-refractivity contribution in [1.82, 2.24) is 4.90 Å². The van der Waals surface area contributed by atoms with Crippen molar-refractivity contribution >= 4 is 25.6 Å². The molecule has 7 heteroatoms. The van der Waals surface area contributed by atoms with Gasteiger partial charge in [-0.15, -0.1) is 0 Å². The summed E-state index contributed by atoms with van der Waals surface area (Å²) in [4.78, 5) is 12.9. The molecule has 20 heavy (non-hydrogen) atoms. The molecule has 1 aromatic rings. The first-order valence-electron chi connectivity index (χ1n) is 6.12. The maximum atomic E-state index is 13.4. The van der Waals surface area contributed by atoms with Gasteiger partial charge in [0.15, 0.2) is 0 Å². The highest BCUT2D eigenvalue weighted by molar-refractivity contribution is 8.13. The van der Waals surface area contributed by atoms with E-state index >= 15 is 0 Å². The zero-order valence-electron chi connectivity index (χ0n) is 11.6. The van der Waals surface area contributed by atoms with Crippen LogP contribution in [-0.2, 0) is 9.05 Å². The Morgan fingerprint density at radius 1 is 1.40 bits per heavy atom. The summed E-state index contributed by atoms with van der Waals surface area (Å²) in [6.45, 7) is 4.61. The van der Waals surface area contributed by atoms with Gasteiger partial charge in [0.1, 0.15) is 10.7 Å². The predicted molar refractivity (Wildman–Crippen MR) is 75.9 cm³/mol. The van der Waals surface area contributed by atoms with Crippen molar-refractivity contribution in [2.75, 3.05) is 13.6 Å². The average Bonchev–Trinajstić information content (AvgIpc) is 2.34. The number of carbonyl (C=O) groups excluding carboxylic acids is 1. The zero-order chi connectivity index (χ0) is 15.5. The third kappa shape index (κ3) is 4.45. The summed E-state index contributed by atoms with van der Waals surface area (Å²) < 4.78 is 35.8. The van der Waals surface area contributed by atoms with Gasteiger partial charge in [0, 0.05) is 29.8 Å². The van der Waals surface area contributed by atoms with E-state index in [1.54, 1.807) is 7.05 Å². The molecule has 0 fully saturated rings. The highest BCUT2D eigenvalue weighted by Gasteiger charge is 2.20. The molecule has 0 radical (unpaired) electrons. The lowest BCUT2D eigenvalue weighted by molar-refractivity contribution is 0.0789. The van der Waals surface area contributed by atoms with Crippen LogP contribution in [0.1, 0.15) is 30.6 Å². The highest BCUT2D eigenvalue weighted by Crippen LogP contribution is 2.21. The molecular weight excluding hydrogens is 305 g/mol. The summed E-state index contributed by atoms with van der Waals surface area (Å²) in [5.41, 5.74) is 0.0943. The summed E-state index contributed by atoms with van der Waals surface area (Å²) in [7, 11) is 2.53. The SMILES string of the molecule is CC(C)CCN(C)C(=O)c1ccc(F)c(S(=O)(=O)Cl)c1. The van der Waals surface area contributed by atoms with Crippen LogP contribution in [0.15, 0.2) is 23.1 Å². The molecule has 0 heterocycles. The Balaban J connectivity index is 3.00. The van der Waals surface area contributed by atoms with Crippen molar-refractivity contribution in [3.05, 3.63) is 29.6 Å². The predicted octanol–water partition coefficient (Wildman–Crippen LogP) is 2.87. The Morgan fingerprint density at radius 2 is 2.00 bits per heavy atom. The number of halogens is 2. The van der Waals surface area contributed by atoms with Gasteiger partial charge in [-0.05, 0) is 30.5 Å². The van der Waals surface area contributed by atoms with Crippen molar-refractivity contribution in [2.45, 2.75) is 25.2 Å². The van der Waals surface area contributed by atoms with Gasteiger partial charge in [-0.1, -0.05) is 13.8 Å². The van der Waals surface area contributed by atoms with Crippen LogP contribution < -0.4 is 0 Å². The molecule has 112 valence electrons. The second kappa shape index (κ2) is 6.54. The van der Waals surface area contributed by atoms with Crippen molar-refractivity contribution in [3.63, 3.8) is 0 Å². The van der Waals surface area contributed by atoms with E-state index in [9.17, 15) is 17.6 Å². The normalized spacial score (nSPS) is 11.7. The first kappa shape index (κ1) is 16.9. The summed E-state index contributed by atoms with van der Waals surface area (Å²) in [5, 5.41) is 0. The van der Waals surface area contributed by atoms with Crippen LogP contribution in [0.4, 0.5) is 4.39 Å². The average molecular weight is 322 g/mol.